The molecular formula is C14H22N2O6. The summed E-state index contributed by atoms with van der Waals surface area (Å²) in [5, 5.41) is 5.56. The molecule has 8 nitrogen and oxygen atoms in total. The summed E-state index contributed by atoms with van der Waals surface area (Å²) in [6.07, 6.45) is 1.94. The number of carbonyl (C=O) groups excluding carboxylic acids is 4. The van der Waals surface area contributed by atoms with Crippen LogP contribution in [0.5, 0.6) is 0 Å². The summed E-state index contributed by atoms with van der Waals surface area (Å²) in [5.74, 6) is -1.36. The van der Waals surface area contributed by atoms with Crippen LogP contribution < -0.4 is 10.6 Å². The highest BCUT2D eigenvalue weighted by Crippen LogP contribution is 1.85. The monoisotopic (exact) mass is 314 g/mol. The van der Waals surface area contributed by atoms with E-state index < -0.39 is 11.9 Å². The fourth-order valence-electron chi connectivity index (χ4n) is 1.21. The normalized spacial score (nSPS) is 10.5. The van der Waals surface area contributed by atoms with Gasteiger partial charge in [-0.05, 0) is 13.8 Å². The maximum Gasteiger partial charge on any atom is 0.331 e. The summed E-state index contributed by atoms with van der Waals surface area (Å²) in [5.41, 5.74) is 0. The SMILES string of the molecule is CC(=O)CNCCOC(=O)/C=C/C(=O)OCCNCC(C)=O. The molecule has 0 radical (unpaired) electrons. The lowest BCUT2D eigenvalue weighted by atomic mass is 10.4. The van der Waals surface area contributed by atoms with E-state index in [2.05, 4.69) is 10.6 Å². The largest absolute Gasteiger partial charge is 0.461 e. The summed E-state index contributed by atoms with van der Waals surface area (Å²) in [6.45, 7) is 4.23. The minimum Gasteiger partial charge on any atom is -0.461 e. The molecule has 0 amide bonds. The Morgan fingerprint density at radius 1 is 0.773 bits per heavy atom. The zero-order valence-corrected chi connectivity index (χ0v) is 12.8. The number of carbonyl (C=O) groups is 4. The Bertz CT molecular complexity index is 382. The topological polar surface area (TPSA) is 111 Å². The molecule has 0 unspecified atom stereocenters. The van der Waals surface area contributed by atoms with Gasteiger partial charge in [0.15, 0.2) is 0 Å². The van der Waals surface area contributed by atoms with E-state index in [1.807, 2.05) is 0 Å². The lowest BCUT2D eigenvalue weighted by Gasteiger charge is -2.03. The Morgan fingerprint density at radius 2 is 1.14 bits per heavy atom. The van der Waals surface area contributed by atoms with Gasteiger partial charge in [0.25, 0.3) is 0 Å². The van der Waals surface area contributed by atoms with Gasteiger partial charge >= 0.3 is 11.9 Å². The molecule has 0 aromatic rings. The predicted octanol–water partition coefficient (Wildman–Crippen LogP) is -1.01. The first-order valence-electron chi connectivity index (χ1n) is 6.83. The first-order valence-corrected chi connectivity index (χ1v) is 6.83. The Morgan fingerprint density at radius 3 is 1.45 bits per heavy atom. The van der Waals surface area contributed by atoms with Gasteiger partial charge in [-0.25, -0.2) is 9.59 Å². The Balaban J connectivity index is 3.63. The maximum atomic E-state index is 11.2. The molecule has 0 aliphatic carbocycles. The lowest BCUT2D eigenvalue weighted by Crippen LogP contribution is -2.26. The molecule has 2 N–H and O–H groups in total. The molecule has 22 heavy (non-hydrogen) atoms. The molecule has 0 spiro atoms. The Labute approximate surface area is 129 Å². The maximum absolute atomic E-state index is 11.2. The smallest absolute Gasteiger partial charge is 0.331 e. The number of ketones is 2. The summed E-state index contributed by atoms with van der Waals surface area (Å²) >= 11 is 0. The molecule has 0 rings (SSSR count). The second kappa shape index (κ2) is 12.7. The van der Waals surface area contributed by atoms with Crippen LogP contribution in [-0.4, -0.2) is 62.9 Å². The molecule has 0 fully saturated rings. The number of rotatable bonds is 12. The molecule has 0 aromatic carbocycles. The second-order valence-electron chi connectivity index (χ2n) is 4.43. The third-order valence-corrected chi connectivity index (χ3v) is 2.15. The molecule has 0 saturated carbocycles. The van der Waals surface area contributed by atoms with Crippen molar-refractivity contribution in [3.63, 3.8) is 0 Å². The summed E-state index contributed by atoms with van der Waals surface area (Å²) in [4.78, 5) is 43.7. The van der Waals surface area contributed by atoms with Gasteiger partial charge in [-0.2, -0.15) is 0 Å². The van der Waals surface area contributed by atoms with Crippen molar-refractivity contribution < 1.29 is 28.7 Å². The number of hydrogen-bond acceptors (Lipinski definition) is 8. The van der Waals surface area contributed by atoms with Crippen LogP contribution in [-0.2, 0) is 28.7 Å². The predicted molar refractivity (Wildman–Crippen MR) is 78.2 cm³/mol. The molecule has 0 heterocycles. The van der Waals surface area contributed by atoms with Crippen LogP contribution in [0.4, 0.5) is 0 Å². The Hall–Kier alpha value is -2.06. The molecule has 0 aliphatic rings. The highest BCUT2D eigenvalue weighted by Gasteiger charge is 2.01. The van der Waals surface area contributed by atoms with Crippen molar-refractivity contribution in [1.82, 2.24) is 10.6 Å². The fourth-order valence-corrected chi connectivity index (χ4v) is 1.21. The fraction of sp³-hybridized carbons (Fsp3) is 0.571. The molecule has 124 valence electrons. The van der Waals surface area contributed by atoms with Gasteiger partial charge in [0.1, 0.15) is 24.8 Å². The second-order valence-corrected chi connectivity index (χ2v) is 4.43. The molecule has 0 saturated heterocycles. The minimum atomic E-state index is -0.670. The standard InChI is InChI=1S/C14H22N2O6/c1-11(17)9-15-5-7-21-13(19)3-4-14(20)22-8-6-16-10-12(2)18/h3-4,15-16H,5-10H2,1-2H3/b4-3+. The number of hydrogen-bond donors (Lipinski definition) is 2. The van der Waals surface area contributed by atoms with Gasteiger partial charge in [-0.1, -0.05) is 0 Å². The average molecular weight is 314 g/mol. The molecule has 0 aliphatic heterocycles. The van der Waals surface area contributed by atoms with E-state index >= 15 is 0 Å². The zero-order valence-electron chi connectivity index (χ0n) is 12.8. The van der Waals surface area contributed by atoms with Crippen LogP contribution in [0.3, 0.4) is 0 Å². The lowest BCUT2D eigenvalue weighted by molar-refractivity contribution is -0.140. The van der Waals surface area contributed by atoms with Crippen LogP contribution in [0.1, 0.15) is 13.8 Å². The zero-order chi connectivity index (χ0) is 16.8. The van der Waals surface area contributed by atoms with E-state index in [0.29, 0.717) is 13.1 Å². The first kappa shape index (κ1) is 19.9. The van der Waals surface area contributed by atoms with E-state index in [1.54, 1.807) is 0 Å². The minimum absolute atomic E-state index is 0.00763. The van der Waals surface area contributed by atoms with E-state index in [1.165, 1.54) is 13.8 Å². The van der Waals surface area contributed by atoms with Crippen LogP contribution in [0.25, 0.3) is 0 Å². The number of Topliss-reactive ketones (excluding diaryl/α,β-unsaturated/α-hetero) is 2. The highest BCUT2D eigenvalue weighted by molar-refractivity contribution is 5.91. The highest BCUT2D eigenvalue weighted by atomic mass is 16.5. The van der Waals surface area contributed by atoms with E-state index in [0.717, 1.165) is 12.2 Å². The number of nitrogens with one attached hydrogen (secondary N) is 2. The third-order valence-electron chi connectivity index (χ3n) is 2.15. The van der Waals surface area contributed by atoms with Gasteiger partial charge in [0, 0.05) is 25.2 Å². The van der Waals surface area contributed by atoms with Crippen LogP contribution >= 0.6 is 0 Å². The molecule has 0 aromatic heterocycles. The first-order chi connectivity index (χ1) is 10.4. The summed E-state index contributed by atoms with van der Waals surface area (Å²) in [6, 6.07) is 0. The van der Waals surface area contributed by atoms with E-state index in [4.69, 9.17) is 9.47 Å². The van der Waals surface area contributed by atoms with Gasteiger partial charge in [-0.3, -0.25) is 9.59 Å². The summed E-state index contributed by atoms with van der Waals surface area (Å²) < 4.78 is 9.57. The molecule has 0 atom stereocenters. The van der Waals surface area contributed by atoms with E-state index in [-0.39, 0.29) is 37.9 Å². The van der Waals surface area contributed by atoms with Gasteiger partial charge in [0.05, 0.1) is 13.1 Å². The number of esters is 2. The van der Waals surface area contributed by atoms with Crippen LogP contribution in [0.15, 0.2) is 12.2 Å². The van der Waals surface area contributed by atoms with Crippen molar-refractivity contribution in [2.24, 2.45) is 0 Å². The van der Waals surface area contributed by atoms with Crippen molar-refractivity contribution >= 4 is 23.5 Å². The van der Waals surface area contributed by atoms with Crippen LogP contribution in [0.2, 0.25) is 0 Å². The van der Waals surface area contributed by atoms with Crippen molar-refractivity contribution in [2.75, 3.05) is 39.4 Å². The molecule has 8 heteroatoms. The summed E-state index contributed by atoms with van der Waals surface area (Å²) in [7, 11) is 0. The molecular weight excluding hydrogens is 292 g/mol. The third kappa shape index (κ3) is 14.4. The van der Waals surface area contributed by atoms with Crippen LogP contribution in [0, 0.1) is 0 Å². The van der Waals surface area contributed by atoms with Crippen molar-refractivity contribution in [2.45, 2.75) is 13.8 Å². The van der Waals surface area contributed by atoms with Gasteiger partial charge in [0.2, 0.25) is 0 Å². The Kier molecular flexibility index (Phi) is 11.5. The van der Waals surface area contributed by atoms with Gasteiger partial charge < -0.3 is 20.1 Å². The average Bonchev–Trinajstić information content (AvgIpc) is 2.43. The number of ether oxygens (including phenoxy) is 2. The van der Waals surface area contributed by atoms with Crippen molar-refractivity contribution in [3.8, 4) is 0 Å². The van der Waals surface area contributed by atoms with E-state index in [9.17, 15) is 19.2 Å². The van der Waals surface area contributed by atoms with Crippen molar-refractivity contribution in [3.05, 3.63) is 12.2 Å². The van der Waals surface area contributed by atoms with Gasteiger partial charge in [-0.15, -0.1) is 0 Å². The quantitative estimate of drug-likeness (QED) is 0.268. The van der Waals surface area contributed by atoms with Crippen molar-refractivity contribution in [1.29, 1.82) is 0 Å². The molecule has 0 bridgehead atoms.